The minimum Gasteiger partial charge on any atom is -0.444 e. The summed E-state index contributed by atoms with van der Waals surface area (Å²) < 4.78 is 8.28. The number of anilines is 1. The Hall–Kier alpha value is -1.65. The lowest BCUT2D eigenvalue weighted by atomic mass is 10.1. The molecule has 9 heteroatoms. The van der Waals surface area contributed by atoms with E-state index in [1.807, 2.05) is 30.4 Å². The van der Waals surface area contributed by atoms with E-state index in [2.05, 4.69) is 37.7 Å². The highest BCUT2D eigenvalue weighted by Gasteiger charge is 2.60. The van der Waals surface area contributed by atoms with Crippen molar-refractivity contribution in [3.8, 4) is 0 Å². The van der Waals surface area contributed by atoms with E-state index in [9.17, 15) is 4.79 Å². The number of rotatable bonds is 1. The Morgan fingerprint density at radius 1 is 1.44 bits per heavy atom. The molecule has 2 aromatic rings. The number of hydrogen-bond donors (Lipinski definition) is 1. The van der Waals surface area contributed by atoms with Crippen molar-refractivity contribution in [1.29, 1.82) is 0 Å². The lowest BCUT2D eigenvalue weighted by Crippen LogP contribution is -2.35. The molecule has 1 aliphatic carbocycles. The Morgan fingerprint density at radius 3 is 2.92 bits per heavy atom. The molecule has 2 N–H and O–H groups in total. The number of ether oxygens (including phenoxy) is 1. The van der Waals surface area contributed by atoms with Gasteiger partial charge in [-0.25, -0.2) is 19.4 Å². The fraction of sp³-hybridized carbons (Fsp3) is 0.625. The van der Waals surface area contributed by atoms with Crippen molar-refractivity contribution in [2.45, 2.75) is 45.3 Å². The van der Waals surface area contributed by atoms with E-state index in [-0.39, 0.29) is 17.6 Å². The maximum Gasteiger partial charge on any atom is 0.410 e. The quantitative estimate of drug-likeness (QED) is 0.663. The third kappa shape index (κ3) is 2.81. The van der Waals surface area contributed by atoms with Crippen LogP contribution in [0, 0.1) is 9.12 Å². The SMILES string of the molecule is CC(C)(C)OC(=O)N1CCC2(CC2n2nc(I)c3c(N)ncnc32)C1. The van der Waals surface area contributed by atoms with Crippen molar-refractivity contribution in [3.63, 3.8) is 0 Å². The van der Waals surface area contributed by atoms with Gasteiger partial charge in [0.1, 0.15) is 21.4 Å². The second-order valence-corrected chi connectivity index (χ2v) is 8.95. The minimum absolute atomic E-state index is 0.0681. The zero-order chi connectivity index (χ0) is 18.0. The van der Waals surface area contributed by atoms with Crippen LogP contribution in [-0.2, 0) is 4.74 Å². The number of halogens is 1. The summed E-state index contributed by atoms with van der Waals surface area (Å²) in [7, 11) is 0. The van der Waals surface area contributed by atoms with Crippen molar-refractivity contribution < 1.29 is 9.53 Å². The Balaban J connectivity index is 1.55. The minimum atomic E-state index is -0.474. The number of carbonyl (C=O) groups is 1. The summed E-state index contributed by atoms with van der Waals surface area (Å²) in [6.07, 6.45) is 3.18. The summed E-state index contributed by atoms with van der Waals surface area (Å²) in [6.45, 7) is 7.08. The molecule has 2 atom stereocenters. The highest BCUT2D eigenvalue weighted by Crippen LogP contribution is 2.62. The molecule has 2 aromatic heterocycles. The molecule has 2 fully saturated rings. The summed E-state index contributed by atoms with van der Waals surface area (Å²) in [6, 6.07) is 0.236. The second-order valence-electron chi connectivity index (χ2n) is 7.93. The molecule has 25 heavy (non-hydrogen) atoms. The van der Waals surface area contributed by atoms with Gasteiger partial charge in [-0.15, -0.1) is 0 Å². The fourth-order valence-corrected chi connectivity index (χ4v) is 4.41. The van der Waals surface area contributed by atoms with Crippen molar-refractivity contribution in [3.05, 3.63) is 10.0 Å². The van der Waals surface area contributed by atoms with Crippen LogP contribution in [0.4, 0.5) is 10.6 Å². The molecule has 0 aromatic carbocycles. The van der Waals surface area contributed by atoms with Crippen molar-refractivity contribution in [2.75, 3.05) is 18.8 Å². The van der Waals surface area contributed by atoms with Crippen LogP contribution < -0.4 is 5.73 Å². The van der Waals surface area contributed by atoms with Gasteiger partial charge in [0.05, 0.1) is 11.4 Å². The highest BCUT2D eigenvalue weighted by atomic mass is 127. The van der Waals surface area contributed by atoms with Crippen LogP contribution in [0.25, 0.3) is 11.0 Å². The number of amides is 1. The van der Waals surface area contributed by atoms with Crippen LogP contribution >= 0.6 is 22.6 Å². The topological polar surface area (TPSA) is 99.2 Å². The maximum absolute atomic E-state index is 12.3. The third-order valence-electron chi connectivity index (χ3n) is 4.95. The van der Waals surface area contributed by atoms with Gasteiger partial charge in [-0.1, -0.05) is 0 Å². The number of likely N-dealkylation sites (tertiary alicyclic amines) is 1. The van der Waals surface area contributed by atoms with Crippen LogP contribution in [0.5, 0.6) is 0 Å². The second kappa shape index (κ2) is 5.42. The van der Waals surface area contributed by atoms with E-state index in [0.717, 1.165) is 34.1 Å². The Bertz CT molecular complexity index is 860. The molecule has 8 nitrogen and oxygen atoms in total. The van der Waals surface area contributed by atoms with Crippen LogP contribution in [0.2, 0.25) is 0 Å². The first kappa shape index (κ1) is 16.8. The first-order valence-electron chi connectivity index (χ1n) is 8.32. The van der Waals surface area contributed by atoms with Gasteiger partial charge in [-0.05, 0) is 56.2 Å². The Labute approximate surface area is 159 Å². The molecule has 1 aliphatic heterocycles. The summed E-state index contributed by atoms with van der Waals surface area (Å²) in [5.41, 5.74) is 6.34. The van der Waals surface area contributed by atoms with E-state index in [1.165, 1.54) is 6.33 Å². The highest BCUT2D eigenvalue weighted by molar-refractivity contribution is 14.1. The number of hydrogen-bond acceptors (Lipinski definition) is 6. The van der Waals surface area contributed by atoms with Crippen molar-refractivity contribution in [2.24, 2.45) is 5.41 Å². The first-order valence-corrected chi connectivity index (χ1v) is 9.40. The van der Waals surface area contributed by atoms with Crippen molar-refractivity contribution >= 4 is 45.5 Å². The average molecular weight is 456 g/mol. The number of nitrogens with zero attached hydrogens (tertiary/aromatic N) is 5. The monoisotopic (exact) mass is 456 g/mol. The summed E-state index contributed by atoms with van der Waals surface area (Å²) in [4.78, 5) is 22.6. The van der Waals surface area contributed by atoms with E-state index < -0.39 is 5.60 Å². The maximum atomic E-state index is 12.3. The number of nitrogen functional groups attached to an aromatic ring is 1. The van der Waals surface area contributed by atoms with Gasteiger partial charge in [0.15, 0.2) is 5.65 Å². The molecule has 134 valence electrons. The van der Waals surface area contributed by atoms with Crippen LogP contribution in [0.15, 0.2) is 6.33 Å². The largest absolute Gasteiger partial charge is 0.444 e. The molecule has 3 heterocycles. The third-order valence-corrected chi connectivity index (χ3v) is 5.71. The smallest absolute Gasteiger partial charge is 0.410 e. The normalized spacial score (nSPS) is 25.8. The molecular formula is C16H21IN6O2. The number of fused-ring (bicyclic) bond motifs is 1. The van der Waals surface area contributed by atoms with Crippen LogP contribution in [0.3, 0.4) is 0 Å². The van der Waals surface area contributed by atoms with Gasteiger partial charge < -0.3 is 15.4 Å². The first-order chi connectivity index (χ1) is 11.7. The molecule has 2 aliphatic rings. The zero-order valence-electron chi connectivity index (χ0n) is 14.5. The van der Waals surface area contributed by atoms with Gasteiger partial charge in [0.25, 0.3) is 0 Å². The van der Waals surface area contributed by atoms with E-state index in [4.69, 9.17) is 10.5 Å². The molecule has 4 rings (SSSR count). The molecule has 1 saturated carbocycles. The zero-order valence-corrected chi connectivity index (χ0v) is 16.6. The predicted octanol–water partition coefficient (Wildman–Crippen LogP) is 2.59. The molecule has 1 amide bonds. The molecular weight excluding hydrogens is 435 g/mol. The number of aromatic nitrogens is 4. The van der Waals surface area contributed by atoms with E-state index in [0.29, 0.717) is 12.4 Å². The molecule has 1 saturated heterocycles. The van der Waals surface area contributed by atoms with Crippen LogP contribution in [-0.4, -0.2) is 49.4 Å². The van der Waals surface area contributed by atoms with Gasteiger partial charge in [-0.3, -0.25) is 0 Å². The molecule has 2 unspecified atom stereocenters. The number of nitrogens with two attached hydrogens (primary N) is 1. The Morgan fingerprint density at radius 2 is 2.20 bits per heavy atom. The van der Waals surface area contributed by atoms with Crippen LogP contribution in [0.1, 0.15) is 39.7 Å². The van der Waals surface area contributed by atoms with Gasteiger partial charge in [0.2, 0.25) is 0 Å². The lowest BCUT2D eigenvalue weighted by Gasteiger charge is -2.24. The van der Waals surface area contributed by atoms with Gasteiger partial charge >= 0.3 is 6.09 Å². The van der Waals surface area contributed by atoms with Crippen molar-refractivity contribution in [1.82, 2.24) is 24.6 Å². The van der Waals surface area contributed by atoms with E-state index in [1.54, 1.807) is 0 Å². The molecule has 0 bridgehead atoms. The summed E-state index contributed by atoms with van der Waals surface area (Å²) >= 11 is 2.17. The average Bonchev–Trinajstić information content (AvgIpc) is 2.85. The molecule has 1 spiro atoms. The van der Waals surface area contributed by atoms with Gasteiger partial charge in [0, 0.05) is 18.5 Å². The summed E-state index contributed by atoms with van der Waals surface area (Å²) in [5.74, 6) is 0.456. The molecule has 0 radical (unpaired) electrons. The number of carbonyl (C=O) groups excluding carboxylic acids is 1. The predicted molar refractivity (Wildman–Crippen MR) is 101 cm³/mol. The standard InChI is InChI=1S/C16H21IN6O2/c1-15(2,3)25-14(24)22-5-4-16(7-22)6-9(16)23-13-10(11(17)21-23)12(18)19-8-20-13/h8-9H,4-7H2,1-3H3,(H2,18,19,20). The lowest BCUT2D eigenvalue weighted by molar-refractivity contribution is 0.0284. The van der Waals surface area contributed by atoms with E-state index >= 15 is 0 Å². The fourth-order valence-electron chi connectivity index (χ4n) is 3.66. The Kier molecular flexibility index (Phi) is 3.64. The summed E-state index contributed by atoms with van der Waals surface area (Å²) in [5, 5.41) is 5.46. The van der Waals surface area contributed by atoms with Gasteiger partial charge in [-0.2, -0.15) is 5.10 Å².